The van der Waals surface area contributed by atoms with Crippen LogP contribution in [0, 0.1) is 6.92 Å². The van der Waals surface area contributed by atoms with Crippen molar-refractivity contribution in [1.29, 1.82) is 0 Å². The Labute approximate surface area is 169 Å². The molecule has 1 unspecified atom stereocenters. The Morgan fingerprint density at radius 1 is 1.17 bits per heavy atom. The number of hydrogen-bond acceptors (Lipinski definition) is 6. The van der Waals surface area contributed by atoms with Crippen molar-refractivity contribution in [1.82, 2.24) is 15.0 Å². The first kappa shape index (κ1) is 19.0. The Balaban J connectivity index is 1.50. The smallest absolute Gasteiger partial charge is 0.258 e. The first-order valence-electron chi connectivity index (χ1n) is 9.47. The van der Waals surface area contributed by atoms with E-state index in [2.05, 4.69) is 10.1 Å². The zero-order valence-electron chi connectivity index (χ0n) is 16.7. The van der Waals surface area contributed by atoms with E-state index in [0.29, 0.717) is 31.2 Å². The maximum atomic E-state index is 12.5. The molecule has 0 saturated carbocycles. The highest BCUT2D eigenvalue weighted by Crippen LogP contribution is 2.32. The van der Waals surface area contributed by atoms with E-state index in [1.807, 2.05) is 54.3 Å². The molecule has 1 aliphatic rings. The van der Waals surface area contributed by atoms with Crippen LogP contribution in [0.1, 0.15) is 29.3 Å². The normalized spacial score (nSPS) is 16.3. The molecule has 1 saturated heterocycles. The zero-order chi connectivity index (χ0) is 20.4. The number of ether oxygens (including phenoxy) is 2. The average molecular weight is 393 g/mol. The Hall–Kier alpha value is -3.35. The maximum Gasteiger partial charge on any atom is 0.258 e. The van der Waals surface area contributed by atoms with Gasteiger partial charge in [0.1, 0.15) is 11.5 Å². The van der Waals surface area contributed by atoms with E-state index in [0.717, 1.165) is 28.2 Å². The van der Waals surface area contributed by atoms with E-state index in [4.69, 9.17) is 14.0 Å². The van der Waals surface area contributed by atoms with E-state index in [-0.39, 0.29) is 11.8 Å². The summed E-state index contributed by atoms with van der Waals surface area (Å²) < 4.78 is 16.1. The molecule has 0 bridgehead atoms. The van der Waals surface area contributed by atoms with Crippen LogP contribution in [0.25, 0.3) is 11.5 Å². The van der Waals surface area contributed by atoms with Crippen molar-refractivity contribution in [3.8, 4) is 23.0 Å². The van der Waals surface area contributed by atoms with Crippen LogP contribution < -0.4 is 9.47 Å². The van der Waals surface area contributed by atoms with E-state index in [1.165, 1.54) is 0 Å². The topological polar surface area (TPSA) is 77.7 Å². The van der Waals surface area contributed by atoms with Gasteiger partial charge in [-0.05, 0) is 36.8 Å². The summed E-state index contributed by atoms with van der Waals surface area (Å²) in [5.74, 6) is 2.56. The van der Waals surface area contributed by atoms with Crippen LogP contribution in [-0.4, -0.2) is 41.7 Å². The number of aryl methyl sites for hydroxylation is 1. The highest BCUT2D eigenvalue weighted by molar-refractivity contribution is 5.79. The van der Waals surface area contributed by atoms with Crippen molar-refractivity contribution < 1.29 is 18.8 Å². The van der Waals surface area contributed by atoms with Gasteiger partial charge in [-0.3, -0.25) is 4.79 Å². The summed E-state index contributed by atoms with van der Waals surface area (Å²) in [5.41, 5.74) is 2.83. The monoisotopic (exact) mass is 393 g/mol. The highest BCUT2D eigenvalue weighted by Gasteiger charge is 2.34. The van der Waals surface area contributed by atoms with Crippen LogP contribution in [0.2, 0.25) is 0 Å². The van der Waals surface area contributed by atoms with Gasteiger partial charge in [-0.1, -0.05) is 23.4 Å². The van der Waals surface area contributed by atoms with E-state index < -0.39 is 0 Å². The number of hydrogen-bond donors (Lipinski definition) is 0. The third-order valence-corrected chi connectivity index (χ3v) is 5.24. The number of carbonyl (C=O) groups excluding carboxylic acids is 1. The molecule has 1 fully saturated rings. The number of amides is 1. The van der Waals surface area contributed by atoms with Crippen molar-refractivity contribution in [2.24, 2.45) is 0 Å². The maximum absolute atomic E-state index is 12.5. The highest BCUT2D eigenvalue weighted by atomic mass is 16.5. The summed E-state index contributed by atoms with van der Waals surface area (Å²) >= 11 is 0. The van der Waals surface area contributed by atoms with Gasteiger partial charge in [0.05, 0.1) is 14.2 Å². The lowest BCUT2D eigenvalue weighted by Crippen LogP contribution is -2.24. The minimum atomic E-state index is -0.0896. The number of methoxy groups -OCH3 is 2. The molecule has 0 N–H and O–H groups in total. The van der Waals surface area contributed by atoms with Crippen LogP contribution in [-0.2, 0) is 11.3 Å². The van der Waals surface area contributed by atoms with Gasteiger partial charge in [0, 0.05) is 36.6 Å². The molecule has 2 aromatic carbocycles. The number of likely N-dealkylation sites (tertiary alicyclic amines) is 1. The predicted octanol–water partition coefficient (Wildman–Crippen LogP) is 3.58. The Bertz CT molecular complexity index is 1030. The van der Waals surface area contributed by atoms with Crippen LogP contribution in [0.5, 0.6) is 11.5 Å². The molecule has 7 nitrogen and oxygen atoms in total. The first-order chi connectivity index (χ1) is 14.1. The van der Waals surface area contributed by atoms with Crippen LogP contribution in [0.3, 0.4) is 0 Å². The second-order valence-electron chi connectivity index (χ2n) is 7.13. The number of nitrogens with zero attached hydrogens (tertiary/aromatic N) is 3. The lowest BCUT2D eigenvalue weighted by Gasteiger charge is -2.17. The molecular weight excluding hydrogens is 370 g/mol. The van der Waals surface area contributed by atoms with Crippen molar-refractivity contribution in [3.63, 3.8) is 0 Å². The largest absolute Gasteiger partial charge is 0.497 e. The molecule has 2 heterocycles. The SMILES string of the molecule is COc1ccc(-c2nc(C3CC(=O)N(Cc4ccccc4OC)C3)no2)c(C)c1. The summed E-state index contributed by atoms with van der Waals surface area (Å²) in [6.45, 7) is 3.02. The van der Waals surface area contributed by atoms with Crippen molar-refractivity contribution in [2.75, 3.05) is 20.8 Å². The molecule has 1 aromatic heterocycles. The molecule has 29 heavy (non-hydrogen) atoms. The van der Waals surface area contributed by atoms with Crippen molar-refractivity contribution in [2.45, 2.75) is 25.8 Å². The van der Waals surface area contributed by atoms with Crippen LogP contribution in [0.15, 0.2) is 47.0 Å². The molecule has 1 atom stereocenters. The summed E-state index contributed by atoms with van der Waals surface area (Å²) in [6.07, 6.45) is 0.371. The lowest BCUT2D eigenvalue weighted by molar-refractivity contribution is -0.128. The van der Waals surface area contributed by atoms with E-state index in [9.17, 15) is 4.79 Å². The molecule has 4 rings (SSSR count). The fourth-order valence-electron chi connectivity index (χ4n) is 3.65. The molecular formula is C22H23N3O4. The van der Waals surface area contributed by atoms with Crippen LogP contribution in [0.4, 0.5) is 0 Å². The molecule has 0 spiro atoms. The third-order valence-electron chi connectivity index (χ3n) is 5.24. The average Bonchev–Trinajstić information content (AvgIpc) is 3.35. The lowest BCUT2D eigenvalue weighted by atomic mass is 10.1. The van der Waals surface area contributed by atoms with Crippen molar-refractivity contribution >= 4 is 5.91 Å². The van der Waals surface area contributed by atoms with Gasteiger partial charge >= 0.3 is 0 Å². The molecule has 7 heteroatoms. The number of para-hydroxylation sites is 1. The standard InChI is InChI=1S/C22H23N3O4/c1-14-10-17(27-2)8-9-18(14)22-23-21(24-29-22)16-11-20(26)25(13-16)12-15-6-4-5-7-19(15)28-3/h4-10,16H,11-13H2,1-3H3. The first-order valence-corrected chi connectivity index (χ1v) is 9.47. The van der Waals surface area contributed by atoms with Gasteiger partial charge in [-0.15, -0.1) is 0 Å². The minimum Gasteiger partial charge on any atom is -0.497 e. The number of aromatic nitrogens is 2. The summed E-state index contributed by atoms with van der Waals surface area (Å²) in [5, 5.41) is 4.15. The van der Waals surface area contributed by atoms with Gasteiger partial charge in [0.15, 0.2) is 5.82 Å². The number of rotatable bonds is 6. The second kappa shape index (κ2) is 7.95. The molecule has 150 valence electrons. The van der Waals surface area contributed by atoms with Crippen LogP contribution >= 0.6 is 0 Å². The fraction of sp³-hybridized carbons (Fsp3) is 0.318. The number of carbonyl (C=O) groups is 1. The minimum absolute atomic E-state index is 0.0767. The molecule has 3 aromatic rings. The molecule has 1 amide bonds. The molecule has 0 radical (unpaired) electrons. The Kier molecular flexibility index (Phi) is 5.20. The Morgan fingerprint density at radius 2 is 2.00 bits per heavy atom. The predicted molar refractivity (Wildman–Crippen MR) is 107 cm³/mol. The van der Waals surface area contributed by atoms with E-state index >= 15 is 0 Å². The van der Waals surface area contributed by atoms with Gasteiger partial charge in [-0.25, -0.2) is 0 Å². The van der Waals surface area contributed by atoms with Gasteiger partial charge < -0.3 is 18.9 Å². The number of benzene rings is 2. The molecule has 0 aliphatic carbocycles. The summed E-state index contributed by atoms with van der Waals surface area (Å²) in [4.78, 5) is 18.9. The van der Waals surface area contributed by atoms with Gasteiger partial charge in [0.25, 0.3) is 5.89 Å². The molecule has 1 aliphatic heterocycles. The van der Waals surface area contributed by atoms with Gasteiger partial charge in [-0.2, -0.15) is 4.98 Å². The third kappa shape index (κ3) is 3.81. The van der Waals surface area contributed by atoms with Crippen molar-refractivity contribution in [3.05, 3.63) is 59.4 Å². The zero-order valence-corrected chi connectivity index (χ0v) is 16.7. The summed E-state index contributed by atoms with van der Waals surface area (Å²) in [7, 11) is 3.27. The van der Waals surface area contributed by atoms with Gasteiger partial charge in [0.2, 0.25) is 5.91 Å². The quantitative estimate of drug-likeness (QED) is 0.637. The Morgan fingerprint density at radius 3 is 2.76 bits per heavy atom. The summed E-state index contributed by atoms with van der Waals surface area (Å²) in [6, 6.07) is 13.4. The second-order valence-corrected chi connectivity index (χ2v) is 7.13. The van der Waals surface area contributed by atoms with E-state index in [1.54, 1.807) is 14.2 Å². The fourth-order valence-corrected chi connectivity index (χ4v) is 3.65.